The van der Waals surface area contributed by atoms with E-state index in [1.165, 1.54) is 5.01 Å². The number of hydrogen-bond acceptors (Lipinski definition) is 5. The number of benzene rings is 3. The molecular weight excluding hydrogens is 484 g/mol. The van der Waals surface area contributed by atoms with Gasteiger partial charge in [0.2, 0.25) is 0 Å². The molecule has 7 heteroatoms. The Morgan fingerprint density at radius 1 is 0.939 bits per heavy atom. The summed E-state index contributed by atoms with van der Waals surface area (Å²) in [6.45, 7) is 2.55. The van der Waals surface area contributed by atoms with Gasteiger partial charge < -0.3 is 14.2 Å². The number of methoxy groups -OCH3 is 1. The Morgan fingerprint density at radius 3 is 2.36 bits per heavy atom. The van der Waals surface area contributed by atoms with Crippen molar-refractivity contribution in [1.82, 2.24) is 0 Å². The molecule has 0 bridgehead atoms. The summed E-state index contributed by atoms with van der Waals surface area (Å²) in [7, 11) is 1.63. The van der Waals surface area contributed by atoms with Gasteiger partial charge in [-0.15, -0.1) is 0 Å². The number of rotatable bonds is 8. The first-order valence-corrected chi connectivity index (χ1v) is 11.2. The summed E-state index contributed by atoms with van der Waals surface area (Å²) in [5.41, 5.74) is 2.68. The summed E-state index contributed by atoms with van der Waals surface area (Å²) in [5, 5.41) is 5.86. The summed E-state index contributed by atoms with van der Waals surface area (Å²) in [4.78, 5) is 13.0. The molecule has 0 aliphatic carbocycles. The Bertz CT molecular complexity index is 1190. The second-order valence-electron chi connectivity index (χ2n) is 7.25. The van der Waals surface area contributed by atoms with E-state index in [-0.39, 0.29) is 5.91 Å². The van der Waals surface area contributed by atoms with Crippen LogP contribution in [0.15, 0.2) is 87.9 Å². The van der Waals surface area contributed by atoms with Crippen LogP contribution in [0, 0.1) is 0 Å². The third kappa shape index (κ3) is 5.43. The van der Waals surface area contributed by atoms with E-state index >= 15 is 0 Å². The first-order chi connectivity index (χ1) is 16.0. The minimum Gasteiger partial charge on any atom is -0.497 e. The number of carbonyl (C=O) groups excluding carboxylic acids is 1. The van der Waals surface area contributed by atoms with Crippen molar-refractivity contribution in [3.05, 3.63) is 88.4 Å². The number of hydrazone groups is 1. The molecule has 0 spiro atoms. The smallest absolute Gasteiger partial charge is 0.280 e. The monoisotopic (exact) mass is 506 g/mol. The van der Waals surface area contributed by atoms with Gasteiger partial charge in [-0.3, -0.25) is 4.79 Å². The van der Waals surface area contributed by atoms with E-state index in [1.807, 2.05) is 85.8 Å². The highest BCUT2D eigenvalue weighted by molar-refractivity contribution is 9.10. The summed E-state index contributed by atoms with van der Waals surface area (Å²) in [6, 6.07) is 22.4. The van der Waals surface area contributed by atoms with Crippen LogP contribution in [0.2, 0.25) is 0 Å². The van der Waals surface area contributed by atoms with Crippen LogP contribution < -0.4 is 19.2 Å². The molecule has 4 rings (SSSR count). The molecule has 0 aromatic heterocycles. The molecule has 6 nitrogen and oxygen atoms in total. The van der Waals surface area contributed by atoms with Crippen LogP contribution in [-0.2, 0) is 4.79 Å². The molecule has 0 unspecified atom stereocenters. The van der Waals surface area contributed by atoms with Gasteiger partial charge in [-0.25, -0.2) is 0 Å². The van der Waals surface area contributed by atoms with Crippen LogP contribution in [0.4, 0.5) is 5.69 Å². The van der Waals surface area contributed by atoms with Gasteiger partial charge in [0.25, 0.3) is 5.91 Å². The Labute approximate surface area is 201 Å². The van der Waals surface area contributed by atoms with Gasteiger partial charge >= 0.3 is 0 Å². The Balaban J connectivity index is 1.46. The minimum absolute atomic E-state index is 0.174. The van der Waals surface area contributed by atoms with E-state index in [0.717, 1.165) is 27.2 Å². The topological polar surface area (TPSA) is 60.4 Å². The average molecular weight is 507 g/mol. The van der Waals surface area contributed by atoms with Crippen molar-refractivity contribution in [2.24, 2.45) is 5.10 Å². The lowest BCUT2D eigenvalue weighted by molar-refractivity contribution is -0.114. The molecule has 168 valence electrons. The number of para-hydroxylation sites is 1. The lowest BCUT2D eigenvalue weighted by Crippen LogP contribution is -2.21. The van der Waals surface area contributed by atoms with E-state index < -0.39 is 0 Å². The van der Waals surface area contributed by atoms with Crippen LogP contribution in [0.1, 0.15) is 12.5 Å². The summed E-state index contributed by atoms with van der Waals surface area (Å²) >= 11 is 3.50. The maximum atomic E-state index is 13.0. The lowest BCUT2D eigenvalue weighted by Gasteiger charge is -2.13. The highest BCUT2D eigenvalue weighted by Gasteiger charge is 2.28. The highest BCUT2D eigenvalue weighted by Crippen LogP contribution is 2.29. The van der Waals surface area contributed by atoms with Crippen LogP contribution in [0.5, 0.6) is 17.2 Å². The van der Waals surface area contributed by atoms with Gasteiger partial charge in [0.1, 0.15) is 30.5 Å². The van der Waals surface area contributed by atoms with E-state index in [1.54, 1.807) is 7.11 Å². The minimum atomic E-state index is -0.174. The number of ether oxygens (including phenoxy) is 3. The number of anilines is 1. The molecule has 1 heterocycles. The SMILES string of the molecule is COc1ccc(OCCOc2ccc(Br)cc2/C=C2/C(=O)N(c3ccccc3)N=C2C)cc1. The van der Waals surface area contributed by atoms with Crippen molar-refractivity contribution in [3.63, 3.8) is 0 Å². The van der Waals surface area contributed by atoms with Crippen molar-refractivity contribution in [2.45, 2.75) is 6.92 Å². The number of hydrogen-bond donors (Lipinski definition) is 0. The standard InChI is InChI=1S/C26H23BrN2O4/c1-18-24(26(30)29(28-18)21-6-4-3-5-7-21)17-19-16-20(27)8-13-25(19)33-15-14-32-23-11-9-22(31-2)10-12-23/h3-13,16-17H,14-15H2,1-2H3/b24-17+. The molecule has 3 aromatic rings. The van der Waals surface area contributed by atoms with Gasteiger partial charge in [-0.2, -0.15) is 10.1 Å². The van der Waals surface area contributed by atoms with Crippen molar-refractivity contribution in [2.75, 3.05) is 25.3 Å². The van der Waals surface area contributed by atoms with Crippen molar-refractivity contribution >= 4 is 39.3 Å². The summed E-state index contributed by atoms with van der Waals surface area (Å²) in [5.74, 6) is 1.99. The van der Waals surface area contributed by atoms with Gasteiger partial charge in [-0.05, 0) is 67.6 Å². The maximum absolute atomic E-state index is 13.0. The summed E-state index contributed by atoms with van der Waals surface area (Å²) < 4.78 is 17.7. The average Bonchev–Trinajstić information content (AvgIpc) is 3.12. The second kappa shape index (κ2) is 10.4. The molecule has 0 N–H and O–H groups in total. The third-order valence-electron chi connectivity index (χ3n) is 5.00. The fourth-order valence-electron chi connectivity index (χ4n) is 3.33. The second-order valence-corrected chi connectivity index (χ2v) is 8.17. The molecule has 3 aromatic carbocycles. The van der Waals surface area contributed by atoms with Gasteiger partial charge in [0.05, 0.1) is 24.1 Å². The quantitative estimate of drug-likeness (QED) is 0.289. The van der Waals surface area contributed by atoms with Crippen LogP contribution >= 0.6 is 15.9 Å². The molecule has 0 fully saturated rings. The van der Waals surface area contributed by atoms with E-state index in [4.69, 9.17) is 14.2 Å². The Kier molecular flexibility index (Phi) is 7.10. The molecule has 0 atom stereocenters. The fourth-order valence-corrected chi connectivity index (χ4v) is 3.71. The molecule has 1 aliphatic rings. The van der Waals surface area contributed by atoms with E-state index in [2.05, 4.69) is 21.0 Å². The van der Waals surface area contributed by atoms with Crippen LogP contribution in [0.3, 0.4) is 0 Å². The van der Waals surface area contributed by atoms with Gasteiger partial charge in [-0.1, -0.05) is 34.1 Å². The normalized spacial score (nSPS) is 14.4. The molecule has 0 saturated carbocycles. The molecule has 1 aliphatic heterocycles. The lowest BCUT2D eigenvalue weighted by atomic mass is 10.1. The third-order valence-corrected chi connectivity index (χ3v) is 5.50. The van der Waals surface area contributed by atoms with Crippen LogP contribution in [-0.4, -0.2) is 31.9 Å². The zero-order valence-corrected chi connectivity index (χ0v) is 19.9. The first-order valence-electron chi connectivity index (χ1n) is 10.4. The zero-order valence-electron chi connectivity index (χ0n) is 18.3. The number of carbonyl (C=O) groups is 1. The van der Waals surface area contributed by atoms with E-state index in [9.17, 15) is 4.79 Å². The number of nitrogens with zero attached hydrogens (tertiary/aromatic N) is 2. The number of amides is 1. The van der Waals surface area contributed by atoms with E-state index in [0.29, 0.717) is 30.2 Å². The first kappa shape index (κ1) is 22.6. The summed E-state index contributed by atoms with van der Waals surface area (Å²) in [6.07, 6.45) is 1.81. The molecule has 1 amide bonds. The Hall–Kier alpha value is -3.58. The molecule has 0 radical (unpaired) electrons. The fraction of sp³-hybridized carbons (Fsp3) is 0.154. The van der Waals surface area contributed by atoms with Crippen molar-refractivity contribution in [3.8, 4) is 17.2 Å². The molecule has 33 heavy (non-hydrogen) atoms. The van der Waals surface area contributed by atoms with Crippen LogP contribution in [0.25, 0.3) is 6.08 Å². The Morgan fingerprint density at radius 2 is 1.64 bits per heavy atom. The van der Waals surface area contributed by atoms with Gasteiger partial charge in [0.15, 0.2) is 0 Å². The zero-order chi connectivity index (χ0) is 23.2. The largest absolute Gasteiger partial charge is 0.497 e. The maximum Gasteiger partial charge on any atom is 0.280 e. The molecular formula is C26H23BrN2O4. The number of halogens is 1. The predicted molar refractivity (Wildman–Crippen MR) is 133 cm³/mol. The van der Waals surface area contributed by atoms with Gasteiger partial charge in [0, 0.05) is 10.0 Å². The molecule has 0 saturated heterocycles. The predicted octanol–water partition coefficient (Wildman–Crippen LogP) is 5.72. The van der Waals surface area contributed by atoms with Crippen molar-refractivity contribution in [1.29, 1.82) is 0 Å². The highest BCUT2D eigenvalue weighted by atomic mass is 79.9. The van der Waals surface area contributed by atoms with Crippen molar-refractivity contribution < 1.29 is 19.0 Å².